The highest BCUT2D eigenvalue weighted by molar-refractivity contribution is 6.31. The topological polar surface area (TPSA) is 68.2 Å². The second-order valence-corrected chi connectivity index (χ2v) is 8.40. The molecule has 150 valence electrons. The van der Waals surface area contributed by atoms with Gasteiger partial charge in [0, 0.05) is 5.02 Å². The molecule has 4 aliphatic heterocycles. The van der Waals surface area contributed by atoms with Gasteiger partial charge in [-0.3, -0.25) is 9.59 Å². The molecule has 4 heterocycles. The Hall–Kier alpha value is -2.96. The third-order valence-corrected chi connectivity index (χ3v) is 6.66. The number of anilines is 1. The fraction of sp³-hybridized carbons (Fsp3) is 0.261. The molecule has 6 nitrogen and oxygen atoms in total. The van der Waals surface area contributed by atoms with Gasteiger partial charge in [-0.15, -0.1) is 0 Å². The number of hydrogen-bond donors (Lipinski definition) is 0. The smallest absolute Gasteiger partial charge is 0.240 e. The van der Waals surface area contributed by atoms with E-state index in [9.17, 15) is 9.59 Å². The first-order valence-corrected chi connectivity index (χ1v) is 10.3. The quantitative estimate of drug-likeness (QED) is 0.714. The molecular weight excluding hydrogens is 404 g/mol. The lowest BCUT2D eigenvalue weighted by atomic mass is 9.72. The molecule has 3 fully saturated rings. The number of imide groups is 1. The molecular formula is C23H17ClN2O4. The maximum atomic E-state index is 13.2. The number of carbonyl (C=O) groups is 2. The number of nitrogens with zero attached hydrogens (tertiary/aromatic N) is 2. The normalized spacial score (nSPS) is 33.8. The molecule has 2 bridgehead atoms. The summed E-state index contributed by atoms with van der Waals surface area (Å²) in [5.41, 5.74) is 2.33. The highest BCUT2D eigenvalue weighted by atomic mass is 35.5. The minimum absolute atomic E-state index is 0.155. The van der Waals surface area contributed by atoms with E-state index in [2.05, 4.69) is 5.16 Å². The van der Waals surface area contributed by atoms with Crippen molar-refractivity contribution in [1.29, 1.82) is 0 Å². The molecule has 2 amide bonds. The number of carbonyl (C=O) groups excluding carboxylic acids is 2. The molecule has 3 saturated heterocycles. The standard InChI is InChI=1S/C23H17ClN2O4/c24-13-7-9-14(10-8-13)26-22(27)17-18(23(26)28)20-21-16(19(17)29-20)15(25-30-21)11-6-12-4-2-1-3-5-12/h1-11,16-21H/b11-6+/t16-,17-,18+,19+,20+,21-/m0/s1. The zero-order valence-corrected chi connectivity index (χ0v) is 16.5. The highest BCUT2D eigenvalue weighted by Crippen LogP contribution is 2.54. The van der Waals surface area contributed by atoms with Crippen molar-refractivity contribution in [3.63, 3.8) is 0 Å². The number of allylic oxidation sites excluding steroid dienone is 1. The van der Waals surface area contributed by atoms with Gasteiger partial charge in [0.05, 0.1) is 35.3 Å². The van der Waals surface area contributed by atoms with Gasteiger partial charge in [0.25, 0.3) is 0 Å². The minimum atomic E-state index is -0.535. The molecule has 0 saturated carbocycles. The van der Waals surface area contributed by atoms with Gasteiger partial charge in [0.15, 0.2) is 6.10 Å². The summed E-state index contributed by atoms with van der Waals surface area (Å²) in [6.45, 7) is 0. The zero-order valence-electron chi connectivity index (χ0n) is 15.7. The Labute approximate surface area is 177 Å². The number of amides is 2. The first kappa shape index (κ1) is 17.9. The van der Waals surface area contributed by atoms with Gasteiger partial charge in [-0.1, -0.05) is 53.2 Å². The largest absolute Gasteiger partial charge is 0.389 e. The minimum Gasteiger partial charge on any atom is -0.389 e. The van der Waals surface area contributed by atoms with Crippen molar-refractivity contribution < 1.29 is 19.2 Å². The van der Waals surface area contributed by atoms with Crippen molar-refractivity contribution in [3.8, 4) is 0 Å². The lowest BCUT2D eigenvalue weighted by molar-refractivity contribution is -0.125. The first-order valence-electron chi connectivity index (χ1n) is 9.89. The summed E-state index contributed by atoms with van der Waals surface area (Å²) in [5, 5.41) is 4.79. The number of oxime groups is 1. The van der Waals surface area contributed by atoms with Crippen LogP contribution in [0.2, 0.25) is 5.02 Å². The van der Waals surface area contributed by atoms with E-state index in [-0.39, 0.29) is 23.8 Å². The van der Waals surface area contributed by atoms with Crippen LogP contribution in [0.1, 0.15) is 5.56 Å². The van der Waals surface area contributed by atoms with Crippen molar-refractivity contribution in [1.82, 2.24) is 0 Å². The monoisotopic (exact) mass is 420 g/mol. The summed E-state index contributed by atoms with van der Waals surface area (Å²) in [4.78, 5) is 33.3. The predicted octanol–water partition coefficient (Wildman–Crippen LogP) is 3.31. The van der Waals surface area contributed by atoms with E-state index >= 15 is 0 Å². The Kier molecular flexibility index (Phi) is 3.88. The van der Waals surface area contributed by atoms with Gasteiger partial charge in [0.1, 0.15) is 6.10 Å². The number of hydrogen-bond acceptors (Lipinski definition) is 5. The van der Waals surface area contributed by atoms with Crippen molar-refractivity contribution in [2.24, 2.45) is 22.9 Å². The third kappa shape index (κ3) is 2.44. The summed E-state index contributed by atoms with van der Waals surface area (Å²) >= 11 is 5.95. The van der Waals surface area contributed by atoms with Crippen LogP contribution in [0.25, 0.3) is 6.08 Å². The Morgan fingerprint density at radius 1 is 0.833 bits per heavy atom. The molecule has 7 heteroatoms. The van der Waals surface area contributed by atoms with Crippen LogP contribution in [0, 0.1) is 17.8 Å². The third-order valence-electron chi connectivity index (χ3n) is 6.40. The van der Waals surface area contributed by atoms with Crippen molar-refractivity contribution in [3.05, 3.63) is 71.3 Å². The van der Waals surface area contributed by atoms with Crippen molar-refractivity contribution in [2.75, 3.05) is 4.90 Å². The van der Waals surface area contributed by atoms with E-state index in [4.69, 9.17) is 21.2 Å². The number of benzene rings is 2. The van der Waals surface area contributed by atoms with Gasteiger partial charge in [-0.2, -0.15) is 0 Å². The fourth-order valence-electron chi connectivity index (χ4n) is 5.11. The number of fused-ring (bicyclic) bond motifs is 8. The highest BCUT2D eigenvalue weighted by Gasteiger charge is 2.71. The van der Waals surface area contributed by atoms with Crippen LogP contribution < -0.4 is 4.90 Å². The maximum absolute atomic E-state index is 13.2. The van der Waals surface area contributed by atoms with Crippen LogP contribution >= 0.6 is 11.6 Å². The molecule has 0 aliphatic carbocycles. The second-order valence-electron chi connectivity index (χ2n) is 7.96. The predicted molar refractivity (Wildman–Crippen MR) is 111 cm³/mol. The van der Waals surface area contributed by atoms with Gasteiger partial charge >= 0.3 is 0 Å². The van der Waals surface area contributed by atoms with E-state index in [1.807, 2.05) is 42.5 Å². The van der Waals surface area contributed by atoms with Crippen LogP contribution in [-0.2, 0) is 19.2 Å². The Bertz CT molecular complexity index is 1100. The molecule has 2 aromatic rings. The number of ether oxygens (including phenoxy) is 1. The average molecular weight is 421 g/mol. The Morgan fingerprint density at radius 3 is 2.27 bits per heavy atom. The van der Waals surface area contributed by atoms with E-state index in [0.29, 0.717) is 10.7 Å². The van der Waals surface area contributed by atoms with Gasteiger partial charge in [-0.25, -0.2) is 4.90 Å². The Morgan fingerprint density at radius 2 is 1.53 bits per heavy atom. The summed E-state index contributed by atoms with van der Waals surface area (Å²) in [5.74, 6) is -1.67. The van der Waals surface area contributed by atoms with Gasteiger partial charge < -0.3 is 9.57 Å². The van der Waals surface area contributed by atoms with E-state index in [1.54, 1.807) is 24.3 Å². The average Bonchev–Trinajstić information content (AvgIpc) is 3.49. The van der Waals surface area contributed by atoms with Crippen LogP contribution in [0.15, 0.2) is 65.8 Å². The van der Waals surface area contributed by atoms with E-state index in [1.165, 1.54) is 4.90 Å². The molecule has 6 atom stereocenters. The van der Waals surface area contributed by atoms with E-state index < -0.39 is 24.0 Å². The van der Waals surface area contributed by atoms with Crippen LogP contribution in [0.4, 0.5) is 5.69 Å². The van der Waals surface area contributed by atoms with Gasteiger partial charge in [-0.05, 0) is 35.9 Å². The summed E-state index contributed by atoms with van der Waals surface area (Å²) in [6.07, 6.45) is 2.66. The number of halogens is 1. The molecule has 30 heavy (non-hydrogen) atoms. The summed E-state index contributed by atoms with van der Waals surface area (Å²) < 4.78 is 6.10. The molecule has 2 aromatic carbocycles. The van der Waals surface area contributed by atoms with Crippen LogP contribution in [0.3, 0.4) is 0 Å². The zero-order chi connectivity index (χ0) is 20.4. The van der Waals surface area contributed by atoms with Gasteiger partial charge in [0.2, 0.25) is 11.8 Å². The summed E-state index contributed by atoms with van der Waals surface area (Å²) in [7, 11) is 0. The molecule has 0 N–H and O–H groups in total. The second kappa shape index (κ2) is 6.52. The molecule has 4 aliphatic rings. The molecule has 0 spiro atoms. The lowest BCUT2D eigenvalue weighted by Crippen LogP contribution is -2.45. The SMILES string of the molecule is O=C1[C@@H]2[C@@H]3O[C@@H]([C@H]4ON=C(/C=C/c5ccccc5)[C@H]43)[C@@H]2C(=O)N1c1ccc(Cl)cc1. The molecule has 0 radical (unpaired) electrons. The van der Waals surface area contributed by atoms with Crippen LogP contribution in [-0.4, -0.2) is 35.8 Å². The molecule has 6 rings (SSSR count). The van der Waals surface area contributed by atoms with Crippen molar-refractivity contribution >= 4 is 40.9 Å². The lowest BCUT2D eigenvalue weighted by Gasteiger charge is -2.25. The Balaban J connectivity index is 1.29. The van der Waals surface area contributed by atoms with Crippen molar-refractivity contribution in [2.45, 2.75) is 18.3 Å². The molecule has 0 aromatic heterocycles. The molecule has 0 unspecified atom stereocenters. The summed E-state index contributed by atoms with van der Waals surface area (Å²) in [6, 6.07) is 16.6. The number of rotatable bonds is 3. The first-order chi connectivity index (χ1) is 14.6. The maximum Gasteiger partial charge on any atom is 0.240 e. The van der Waals surface area contributed by atoms with Crippen LogP contribution in [0.5, 0.6) is 0 Å². The van der Waals surface area contributed by atoms with E-state index in [0.717, 1.165) is 11.3 Å². The fourth-order valence-corrected chi connectivity index (χ4v) is 5.24.